The molecular formula is C22H17N5O3. The van der Waals surface area contributed by atoms with Gasteiger partial charge in [0.2, 0.25) is 0 Å². The molecule has 1 unspecified atom stereocenters. The standard InChI is InChI=1S/C22H17N5O3/c23-11-13-4-5-14(12-25-13)29-20-10-18-17(9-15(20)19-6-7-21(28)30-19)26-22(27-18)16-3-1-2-8-24-16/h1-3,5,8-10,19H,4,6-7,12H2,(H,26,27). The quantitative estimate of drug-likeness (QED) is 0.670. The van der Waals surface area contributed by atoms with Gasteiger partial charge in [-0.25, -0.2) is 4.98 Å². The summed E-state index contributed by atoms with van der Waals surface area (Å²) in [4.78, 5) is 28.2. The number of dihydropyridines is 1. The maximum absolute atomic E-state index is 11.7. The topological polar surface area (TPSA) is 113 Å². The summed E-state index contributed by atoms with van der Waals surface area (Å²) in [5.74, 6) is 1.66. The number of aliphatic imine (C=N–C) groups is 1. The predicted octanol–water partition coefficient (Wildman–Crippen LogP) is 3.63. The lowest BCUT2D eigenvalue weighted by molar-refractivity contribution is -0.141. The van der Waals surface area contributed by atoms with Gasteiger partial charge < -0.3 is 14.5 Å². The molecule has 5 rings (SSSR count). The van der Waals surface area contributed by atoms with E-state index in [0.717, 1.165) is 22.3 Å². The number of pyridine rings is 1. The molecule has 1 N–H and O–H groups in total. The second kappa shape index (κ2) is 7.44. The second-order valence-corrected chi connectivity index (χ2v) is 7.08. The number of allylic oxidation sites excluding steroid dienone is 1. The van der Waals surface area contributed by atoms with Crippen molar-refractivity contribution in [1.29, 1.82) is 5.26 Å². The summed E-state index contributed by atoms with van der Waals surface area (Å²) in [6, 6.07) is 11.5. The van der Waals surface area contributed by atoms with Gasteiger partial charge in [0, 0.05) is 30.7 Å². The zero-order valence-electron chi connectivity index (χ0n) is 16.0. The van der Waals surface area contributed by atoms with Gasteiger partial charge in [0.25, 0.3) is 0 Å². The molecule has 1 atom stereocenters. The zero-order chi connectivity index (χ0) is 20.5. The summed E-state index contributed by atoms with van der Waals surface area (Å²) >= 11 is 0. The summed E-state index contributed by atoms with van der Waals surface area (Å²) in [6.45, 7) is 0.296. The van der Waals surface area contributed by atoms with Gasteiger partial charge in [-0.15, -0.1) is 0 Å². The first-order valence-corrected chi connectivity index (χ1v) is 9.64. The average Bonchev–Trinajstić information content (AvgIpc) is 3.40. The van der Waals surface area contributed by atoms with Crippen molar-refractivity contribution >= 4 is 22.7 Å². The van der Waals surface area contributed by atoms with Crippen molar-refractivity contribution in [3.8, 4) is 23.3 Å². The molecule has 1 fully saturated rings. The molecule has 4 heterocycles. The normalized spacial score (nSPS) is 18.5. The molecule has 3 aromatic rings. The number of carbonyl (C=O) groups excluding carboxylic acids is 1. The minimum absolute atomic E-state index is 0.218. The fourth-order valence-electron chi connectivity index (χ4n) is 3.57. The number of nitriles is 1. The number of nitrogens with one attached hydrogen (secondary N) is 1. The molecular weight excluding hydrogens is 382 g/mol. The maximum atomic E-state index is 11.7. The lowest BCUT2D eigenvalue weighted by Crippen LogP contribution is -2.10. The number of carbonyl (C=O) groups is 1. The number of nitrogens with zero attached hydrogens (tertiary/aromatic N) is 4. The van der Waals surface area contributed by atoms with E-state index in [0.29, 0.717) is 48.9 Å². The minimum Gasteiger partial charge on any atom is -0.460 e. The van der Waals surface area contributed by atoms with Crippen LogP contribution in [0.1, 0.15) is 30.9 Å². The van der Waals surface area contributed by atoms with Gasteiger partial charge >= 0.3 is 5.97 Å². The van der Waals surface area contributed by atoms with Crippen molar-refractivity contribution in [2.75, 3.05) is 6.54 Å². The van der Waals surface area contributed by atoms with Crippen molar-refractivity contribution in [3.63, 3.8) is 0 Å². The highest BCUT2D eigenvalue weighted by molar-refractivity contribution is 6.00. The van der Waals surface area contributed by atoms with Crippen LogP contribution in [0.3, 0.4) is 0 Å². The largest absolute Gasteiger partial charge is 0.460 e. The second-order valence-electron chi connectivity index (χ2n) is 7.08. The monoisotopic (exact) mass is 399 g/mol. The van der Waals surface area contributed by atoms with Crippen LogP contribution in [0.5, 0.6) is 5.75 Å². The zero-order valence-corrected chi connectivity index (χ0v) is 16.0. The Kier molecular flexibility index (Phi) is 4.48. The fraction of sp³-hybridized carbons (Fsp3) is 0.227. The Labute approximate surface area is 171 Å². The number of esters is 1. The Bertz CT molecular complexity index is 1240. The molecule has 2 aromatic heterocycles. The lowest BCUT2D eigenvalue weighted by atomic mass is 10.0. The first-order chi connectivity index (χ1) is 14.7. The van der Waals surface area contributed by atoms with Crippen molar-refractivity contribution in [2.24, 2.45) is 4.99 Å². The van der Waals surface area contributed by atoms with Crippen LogP contribution in [0.4, 0.5) is 0 Å². The number of hydrogen-bond donors (Lipinski definition) is 1. The number of ether oxygens (including phenoxy) is 2. The van der Waals surface area contributed by atoms with Crippen LogP contribution < -0.4 is 4.74 Å². The van der Waals surface area contributed by atoms with Gasteiger partial charge in [-0.2, -0.15) is 5.26 Å². The predicted molar refractivity (Wildman–Crippen MR) is 109 cm³/mol. The molecule has 0 bridgehead atoms. The number of aromatic nitrogens is 3. The summed E-state index contributed by atoms with van der Waals surface area (Å²) in [7, 11) is 0. The van der Waals surface area contributed by atoms with E-state index in [4.69, 9.17) is 14.7 Å². The Morgan fingerprint density at radius 1 is 1.30 bits per heavy atom. The first-order valence-electron chi connectivity index (χ1n) is 9.64. The van der Waals surface area contributed by atoms with E-state index >= 15 is 0 Å². The van der Waals surface area contributed by atoms with E-state index in [1.165, 1.54) is 0 Å². The van der Waals surface area contributed by atoms with E-state index in [-0.39, 0.29) is 12.1 Å². The van der Waals surface area contributed by atoms with E-state index in [1.54, 1.807) is 6.20 Å². The van der Waals surface area contributed by atoms with Crippen LogP contribution in [-0.4, -0.2) is 33.2 Å². The van der Waals surface area contributed by atoms with Crippen LogP contribution in [0.25, 0.3) is 22.6 Å². The van der Waals surface area contributed by atoms with Gasteiger partial charge in [-0.1, -0.05) is 6.07 Å². The van der Waals surface area contributed by atoms with Crippen molar-refractivity contribution in [2.45, 2.75) is 25.4 Å². The molecule has 0 spiro atoms. The molecule has 0 saturated carbocycles. The average molecular weight is 399 g/mol. The Balaban J connectivity index is 1.54. The van der Waals surface area contributed by atoms with E-state index < -0.39 is 0 Å². The first kappa shape index (κ1) is 18.1. The number of hydrogen-bond acceptors (Lipinski definition) is 7. The van der Waals surface area contributed by atoms with Crippen LogP contribution in [0.15, 0.2) is 53.4 Å². The van der Waals surface area contributed by atoms with Crippen molar-refractivity contribution in [1.82, 2.24) is 15.0 Å². The molecule has 1 saturated heterocycles. The Morgan fingerprint density at radius 2 is 2.23 bits per heavy atom. The van der Waals surface area contributed by atoms with E-state index in [1.807, 2.05) is 36.4 Å². The van der Waals surface area contributed by atoms with Gasteiger partial charge in [0.05, 0.1) is 17.6 Å². The molecule has 1 aromatic carbocycles. The fourth-order valence-corrected chi connectivity index (χ4v) is 3.57. The molecule has 8 nitrogen and oxygen atoms in total. The van der Waals surface area contributed by atoms with Gasteiger partial charge in [0.15, 0.2) is 5.82 Å². The summed E-state index contributed by atoms with van der Waals surface area (Å²) < 4.78 is 11.6. The van der Waals surface area contributed by atoms with Gasteiger partial charge in [0.1, 0.15) is 35.1 Å². The van der Waals surface area contributed by atoms with Gasteiger partial charge in [-0.05, 0) is 30.7 Å². The summed E-state index contributed by atoms with van der Waals surface area (Å²) in [6.07, 6.45) is 4.60. The highest BCUT2D eigenvalue weighted by atomic mass is 16.6. The molecule has 0 aliphatic carbocycles. The van der Waals surface area contributed by atoms with Crippen LogP contribution >= 0.6 is 0 Å². The third-order valence-corrected chi connectivity index (χ3v) is 5.07. The number of H-pyrrole nitrogens is 1. The molecule has 0 radical (unpaired) electrons. The molecule has 2 aliphatic rings. The molecule has 30 heavy (non-hydrogen) atoms. The Morgan fingerprint density at radius 3 is 2.93 bits per heavy atom. The van der Waals surface area contributed by atoms with Crippen molar-refractivity contribution in [3.05, 3.63) is 53.9 Å². The molecule has 148 valence electrons. The van der Waals surface area contributed by atoms with E-state index in [2.05, 4.69) is 26.0 Å². The minimum atomic E-state index is -0.374. The SMILES string of the molecule is N#CC1=NCC(Oc2cc3nc(-c4ccccn4)[nH]c3cc2C2CCC(=O)O2)=CC1. The molecule has 8 heteroatoms. The smallest absolute Gasteiger partial charge is 0.306 e. The number of imidazole rings is 1. The Hall–Kier alpha value is -3.99. The highest BCUT2D eigenvalue weighted by Crippen LogP contribution is 2.38. The lowest BCUT2D eigenvalue weighted by Gasteiger charge is -2.18. The third-order valence-electron chi connectivity index (χ3n) is 5.07. The summed E-state index contributed by atoms with van der Waals surface area (Å²) in [5, 5.41) is 8.98. The maximum Gasteiger partial charge on any atom is 0.306 e. The van der Waals surface area contributed by atoms with Crippen LogP contribution in [-0.2, 0) is 9.53 Å². The van der Waals surface area contributed by atoms with Crippen LogP contribution in [0.2, 0.25) is 0 Å². The third kappa shape index (κ3) is 3.42. The number of fused-ring (bicyclic) bond motifs is 1. The highest BCUT2D eigenvalue weighted by Gasteiger charge is 2.29. The van der Waals surface area contributed by atoms with E-state index in [9.17, 15) is 4.79 Å². The number of benzene rings is 1. The molecule has 0 amide bonds. The summed E-state index contributed by atoms with van der Waals surface area (Å²) in [5.41, 5.74) is 3.52. The number of rotatable bonds is 4. The van der Waals surface area contributed by atoms with Crippen LogP contribution in [0, 0.1) is 11.3 Å². The number of cyclic esters (lactones) is 1. The van der Waals surface area contributed by atoms with Gasteiger partial charge in [-0.3, -0.25) is 14.8 Å². The van der Waals surface area contributed by atoms with Crippen molar-refractivity contribution < 1.29 is 14.3 Å². The number of aromatic amines is 1. The molecule has 2 aliphatic heterocycles.